The number of rotatable bonds is 8. The topological polar surface area (TPSA) is 109 Å². The fourth-order valence-corrected chi connectivity index (χ4v) is 4.02. The molecule has 2 amide bonds. The van der Waals surface area contributed by atoms with E-state index in [1.807, 2.05) is 13.8 Å². The van der Waals surface area contributed by atoms with E-state index in [9.17, 15) is 19.5 Å². The van der Waals surface area contributed by atoms with Gasteiger partial charge in [0.25, 0.3) is 11.8 Å². The second-order valence-corrected chi connectivity index (χ2v) is 8.12. The Balaban J connectivity index is 1.75. The van der Waals surface area contributed by atoms with Gasteiger partial charge >= 0.3 is 5.97 Å². The number of carbonyl (C=O) groups is 3. The lowest BCUT2D eigenvalue weighted by atomic mass is 10.1. The summed E-state index contributed by atoms with van der Waals surface area (Å²) in [6.07, 6.45) is 1.25. The number of hydrogen-bond donors (Lipinski definition) is 1. The van der Waals surface area contributed by atoms with Gasteiger partial charge in [-0.25, -0.2) is 4.79 Å². The molecule has 8 nitrogen and oxygen atoms in total. The maximum atomic E-state index is 13.2. The molecule has 8 heteroatoms. The molecular formula is C28H25N3O5. The van der Waals surface area contributed by atoms with Crippen LogP contribution in [0.2, 0.25) is 0 Å². The highest BCUT2D eigenvalue weighted by molar-refractivity contribution is 6.23. The first-order valence-corrected chi connectivity index (χ1v) is 11.6. The fourth-order valence-electron chi connectivity index (χ4n) is 4.02. The Morgan fingerprint density at radius 1 is 0.889 bits per heavy atom. The summed E-state index contributed by atoms with van der Waals surface area (Å²) in [6, 6.07) is 21.2. The van der Waals surface area contributed by atoms with E-state index < -0.39 is 23.3 Å². The molecule has 36 heavy (non-hydrogen) atoms. The van der Waals surface area contributed by atoms with Crippen molar-refractivity contribution in [2.75, 3.05) is 0 Å². The lowest BCUT2D eigenvalue weighted by Crippen LogP contribution is -2.39. The van der Waals surface area contributed by atoms with Gasteiger partial charge in [-0.3, -0.25) is 14.5 Å². The Morgan fingerprint density at radius 3 is 2.17 bits per heavy atom. The van der Waals surface area contributed by atoms with Crippen molar-refractivity contribution in [3.05, 3.63) is 101 Å². The van der Waals surface area contributed by atoms with Gasteiger partial charge in [-0.1, -0.05) is 68.4 Å². The zero-order valence-corrected chi connectivity index (χ0v) is 19.9. The second kappa shape index (κ2) is 10.8. The Bertz CT molecular complexity index is 1350. The average Bonchev–Trinajstić information content (AvgIpc) is 3.16. The van der Waals surface area contributed by atoms with Gasteiger partial charge in [0.15, 0.2) is 5.76 Å². The lowest BCUT2D eigenvalue weighted by molar-refractivity contribution is -0.130. The first-order chi connectivity index (χ1) is 17.5. The van der Waals surface area contributed by atoms with Crippen LogP contribution in [-0.2, 0) is 4.79 Å². The summed E-state index contributed by atoms with van der Waals surface area (Å²) in [5.41, 5.74) is 0.350. The molecule has 3 aromatic carbocycles. The Hall–Kier alpha value is -4.59. The Labute approximate surface area is 208 Å². The van der Waals surface area contributed by atoms with Crippen LogP contribution in [0.5, 0.6) is 5.75 Å². The van der Waals surface area contributed by atoms with Crippen LogP contribution in [0.4, 0.5) is 5.69 Å². The number of benzene rings is 3. The Morgan fingerprint density at radius 2 is 1.53 bits per heavy atom. The van der Waals surface area contributed by atoms with Crippen molar-refractivity contribution in [3.63, 3.8) is 0 Å². The number of fused-ring (bicyclic) bond motifs is 1. The number of aliphatic hydroxyl groups excluding tert-OH is 1. The molecule has 0 fully saturated rings. The molecule has 0 spiro atoms. The van der Waals surface area contributed by atoms with Crippen LogP contribution in [0.15, 0.2) is 94.8 Å². The van der Waals surface area contributed by atoms with Crippen LogP contribution in [0.1, 0.15) is 53.0 Å². The molecule has 0 saturated carbocycles. The molecule has 0 radical (unpaired) electrons. The molecule has 1 N–H and O–H groups in total. The van der Waals surface area contributed by atoms with Crippen LogP contribution < -0.4 is 4.74 Å². The SMILES string of the molecule is CCC(CC)N1C(=O)c2cccc(N=NC(C(=O)Oc3ccccc3)=C(O)c3ccccc3)c2C1=O. The van der Waals surface area contributed by atoms with Crippen molar-refractivity contribution >= 4 is 29.2 Å². The van der Waals surface area contributed by atoms with Gasteiger partial charge < -0.3 is 9.84 Å². The number of imide groups is 1. The van der Waals surface area contributed by atoms with Crippen LogP contribution in [-0.4, -0.2) is 33.8 Å². The number of azo groups is 1. The van der Waals surface area contributed by atoms with Gasteiger partial charge in [0.2, 0.25) is 5.70 Å². The van der Waals surface area contributed by atoms with Crippen LogP contribution >= 0.6 is 0 Å². The smallest absolute Gasteiger partial charge is 0.368 e. The summed E-state index contributed by atoms with van der Waals surface area (Å²) in [5.74, 6) is -1.94. The number of amides is 2. The number of carbonyl (C=O) groups excluding carboxylic acids is 3. The summed E-state index contributed by atoms with van der Waals surface area (Å²) in [7, 11) is 0. The minimum atomic E-state index is -0.931. The standard InChI is InChI=1S/C28H25N3O5/c1-3-19(4-2)31-26(33)21-16-11-17-22(23(21)27(31)34)29-30-24(25(32)18-12-7-5-8-13-18)28(35)36-20-14-9-6-10-15-20/h5-17,19,32H,3-4H2,1-2H3. The molecule has 1 heterocycles. The van der Waals surface area contributed by atoms with Crippen LogP contribution in [0.3, 0.4) is 0 Å². The molecule has 3 aromatic rings. The van der Waals surface area contributed by atoms with E-state index in [-0.39, 0.29) is 34.5 Å². The van der Waals surface area contributed by atoms with Crippen molar-refractivity contribution in [2.24, 2.45) is 10.2 Å². The maximum absolute atomic E-state index is 13.2. The number of ether oxygens (including phenoxy) is 1. The van der Waals surface area contributed by atoms with Gasteiger partial charge in [-0.2, -0.15) is 0 Å². The maximum Gasteiger partial charge on any atom is 0.368 e. The summed E-state index contributed by atoms with van der Waals surface area (Å²) in [4.78, 5) is 40.4. The van der Waals surface area contributed by atoms with Gasteiger partial charge in [0, 0.05) is 11.6 Å². The van der Waals surface area contributed by atoms with Crippen molar-refractivity contribution in [1.29, 1.82) is 0 Å². The highest BCUT2D eigenvalue weighted by atomic mass is 16.5. The van der Waals surface area contributed by atoms with E-state index in [0.29, 0.717) is 18.4 Å². The van der Waals surface area contributed by atoms with E-state index in [4.69, 9.17) is 4.74 Å². The van der Waals surface area contributed by atoms with Crippen molar-refractivity contribution in [2.45, 2.75) is 32.7 Å². The van der Waals surface area contributed by atoms with E-state index in [1.54, 1.807) is 72.8 Å². The monoisotopic (exact) mass is 483 g/mol. The third kappa shape index (κ3) is 4.79. The number of aliphatic hydroxyl groups is 1. The molecule has 182 valence electrons. The third-order valence-electron chi connectivity index (χ3n) is 5.91. The summed E-state index contributed by atoms with van der Waals surface area (Å²) in [6.45, 7) is 3.83. The molecule has 1 aliphatic rings. The number of para-hydroxylation sites is 1. The first kappa shape index (κ1) is 24.5. The molecule has 0 aromatic heterocycles. The third-order valence-corrected chi connectivity index (χ3v) is 5.91. The summed E-state index contributed by atoms with van der Waals surface area (Å²) in [5, 5.41) is 19.0. The molecule has 0 aliphatic carbocycles. The van der Waals surface area contributed by atoms with Gasteiger partial charge in [0.05, 0.1) is 16.8 Å². The molecule has 0 saturated heterocycles. The highest BCUT2D eigenvalue weighted by Gasteiger charge is 2.40. The van der Waals surface area contributed by atoms with Crippen LogP contribution in [0, 0.1) is 0 Å². The predicted octanol–water partition coefficient (Wildman–Crippen LogP) is 6.09. The zero-order chi connectivity index (χ0) is 25.7. The molecular weight excluding hydrogens is 458 g/mol. The largest absolute Gasteiger partial charge is 0.505 e. The zero-order valence-electron chi connectivity index (χ0n) is 19.9. The molecule has 0 atom stereocenters. The molecule has 1 aliphatic heterocycles. The van der Waals surface area contributed by atoms with Gasteiger partial charge in [0.1, 0.15) is 5.75 Å². The Kier molecular flexibility index (Phi) is 7.34. The first-order valence-electron chi connectivity index (χ1n) is 11.6. The van der Waals surface area contributed by atoms with Gasteiger partial charge in [-0.15, -0.1) is 10.2 Å². The highest BCUT2D eigenvalue weighted by Crippen LogP contribution is 2.34. The van der Waals surface area contributed by atoms with E-state index in [2.05, 4.69) is 10.2 Å². The quantitative estimate of drug-likeness (QED) is 0.104. The molecule has 0 unspecified atom stereocenters. The van der Waals surface area contributed by atoms with Crippen LogP contribution in [0.25, 0.3) is 5.76 Å². The van der Waals surface area contributed by atoms with Crippen molar-refractivity contribution in [1.82, 2.24) is 4.90 Å². The fraction of sp³-hybridized carbons (Fsp3) is 0.179. The van der Waals surface area contributed by atoms with E-state index >= 15 is 0 Å². The molecule has 4 rings (SSSR count). The van der Waals surface area contributed by atoms with Crippen molar-refractivity contribution < 1.29 is 24.2 Å². The minimum absolute atomic E-state index is 0.116. The number of hydrogen-bond acceptors (Lipinski definition) is 7. The van der Waals surface area contributed by atoms with Crippen molar-refractivity contribution in [3.8, 4) is 5.75 Å². The summed E-state index contributed by atoms with van der Waals surface area (Å²) < 4.78 is 5.38. The normalized spacial score (nSPS) is 13.8. The average molecular weight is 484 g/mol. The second-order valence-electron chi connectivity index (χ2n) is 8.12. The van der Waals surface area contributed by atoms with E-state index in [1.165, 1.54) is 11.0 Å². The van der Waals surface area contributed by atoms with E-state index in [0.717, 1.165) is 0 Å². The predicted molar refractivity (Wildman–Crippen MR) is 134 cm³/mol. The lowest BCUT2D eigenvalue weighted by Gasteiger charge is -2.23. The minimum Gasteiger partial charge on any atom is -0.505 e. The summed E-state index contributed by atoms with van der Waals surface area (Å²) >= 11 is 0. The van der Waals surface area contributed by atoms with Gasteiger partial charge in [-0.05, 0) is 37.1 Å². The molecule has 0 bridgehead atoms. The number of esters is 1. The number of nitrogens with zero attached hydrogens (tertiary/aromatic N) is 3.